The number of anilines is 1. The Kier molecular flexibility index (Phi) is 2.66. The molecule has 1 aromatic rings. The van der Waals surface area contributed by atoms with E-state index in [9.17, 15) is 9.59 Å². The van der Waals surface area contributed by atoms with Gasteiger partial charge in [-0.25, -0.2) is 4.57 Å². The lowest BCUT2D eigenvalue weighted by Crippen LogP contribution is -2.11. The summed E-state index contributed by atoms with van der Waals surface area (Å²) in [6.45, 7) is 2.70. The van der Waals surface area contributed by atoms with E-state index in [-0.39, 0.29) is 22.1 Å². The van der Waals surface area contributed by atoms with E-state index in [1.54, 1.807) is 0 Å². The molecule has 0 aliphatic carbocycles. The molecule has 0 aliphatic rings. The topological polar surface area (TPSA) is 90.9 Å². The second kappa shape index (κ2) is 3.56. The Hall–Kier alpha value is -1.37. The third kappa shape index (κ3) is 2.05. The van der Waals surface area contributed by atoms with Crippen molar-refractivity contribution < 1.29 is 9.59 Å². The third-order valence-electron chi connectivity index (χ3n) is 1.21. The Bertz CT molecular complexity index is 360. The zero-order valence-corrected chi connectivity index (χ0v) is 7.96. The maximum absolute atomic E-state index is 11.0. The van der Waals surface area contributed by atoms with Gasteiger partial charge in [0.2, 0.25) is 17.0 Å². The summed E-state index contributed by atoms with van der Waals surface area (Å²) in [4.78, 5) is 21.7. The van der Waals surface area contributed by atoms with Crippen molar-refractivity contribution in [3.05, 3.63) is 0 Å². The third-order valence-corrected chi connectivity index (χ3v) is 1.94. The van der Waals surface area contributed by atoms with Gasteiger partial charge in [0, 0.05) is 13.8 Å². The van der Waals surface area contributed by atoms with Gasteiger partial charge in [0.1, 0.15) is 0 Å². The molecular weight excluding hydrogens is 192 g/mol. The van der Waals surface area contributed by atoms with Crippen LogP contribution in [0.15, 0.2) is 5.16 Å². The van der Waals surface area contributed by atoms with Crippen LogP contribution >= 0.6 is 11.8 Å². The number of nitrogen functional groups attached to an aromatic ring is 1. The largest absolute Gasteiger partial charge is 0.367 e. The minimum Gasteiger partial charge on any atom is -0.367 e. The molecule has 6 nitrogen and oxygen atoms in total. The van der Waals surface area contributed by atoms with Gasteiger partial charge in [-0.05, 0) is 11.8 Å². The average Bonchev–Trinajstić information content (AvgIpc) is 2.30. The van der Waals surface area contributed by atoms with Crippen LogP contribution in [0.25, 0.3) is 0 Å². The SMILES string of the molecule is CC(=O)Sc1nnc(N)n1C(C)=O. The Labute approximate surface area is 78.5 Å². The van der Waals surface area contributed by atoms with Crippen molar-refractivity contribution in [2.45, 2.75) is 19.0 Å². The maximum atomic E-state index is 11.0. The standard InChI is InChI=1S/C6H8N4O2S/c1-3(11)10-5(7)8-9-6(10)13-4(2)12/h1-2H3,(H2,7,8). The van der Waals surface area contributed by atoms with Crippen LogP contribution in [-0.4, -0.2) is 25.8 Å². The molecule has 0 aromatic carbocycles. The van der Waals surface area contributed by atoms with E-state index in [1.165, 1.54) is 13.8 Å². The Balaban J connectivity index is 3.07. The van der Waals surface area contributed by atoms with Gasteiger partial charge in [-0.15, -0.1) is 10.2 Å². The van der Waals surface area contributed by atoms with Gasteiger partial charge >= 0.3 is 0 Å². The lowest BCUT2D eigenvalue weighted by atomic mass is 10.7. The first-order chi connectivity index (χ1) is 6.02. The van der Waals surface area contributed by atoms with Crippen molar-refractivity contribution in [3.8, 4) is 0 Å². The fourth-order valence-corrected chi connectivity index (χ4v) is 1.42. The summed E-state index contributed by atoms with van der Waals surface area (Å²) in [5.74, 6) is -0.317. The lowest BCUT2D eigenvalue weighted by Gasteiger charge is -1.99. The molecule has 0 fully saturated rings. The molecule has 0 unspecified atom stereocenters. The summed E-state index contributed by atoms with van der Waals surface area (Å²) < 4.78 is 1.09. The van der Waals surface area contributed by atoms with E-state index in [4.69, 9.17) is 5.73 Å². The number of rotatable bonds is 1. The van der Waals surface area contributed by atoms with Crippen molar-refractivity contribution in [2.75, 3.05) is 5.73 Å². The van der Waals surface area contributed by atoms with Crippen LogP contribution in [0.1, 0.15) is 18.6 Å². The number of carbonyl (C=O) groups excluding carboxylic acids is 2. The van der Waals surface area contributed by atoms with Crippen LogP contribution in [-0.2, 0) is 4.79 Å². The molecule has 0 amide bonds. The first-order valence-electron chi connectivity index (χ1n) is 3.42. The first kappa shape index (κ1) is 9.72. The fourth-order valence-electron chi connectivity index (χ4n) is 0.772. The summed E-state index contributed by atoms with van der Waals surface area (Å²) in [6, 6.07) is 0. The number of nitrogens with zero attached hydrogens (tertiary/aromatic N) is 3. The maximum Gasteiger partial charge on any atom is 0.232 e. The van der Waals surface area contributed by atoms with Crippen molar-refractivity contribution in [3.63, 3.8) is 0 Å². The second-order valence-corrected chi connectivity index (χ2v) is 3.43. The molecule has 7 heteroatoms. The summed E-state index contributed by atoms with van der Waals surface area (Å²) in [5.41, 5.74) is 5.36. The van der Waals surface area contributed by atoms with Crippen molar-refractivity contribution in [1.82, 2.24) is 14.8 Å². The number of thioether (sulfide) groups is 1. The Morgan fingerprint density at radius 3 is 2.46 bits per heavy atom. The molecule has 70 valence electrons. The molecule has 1 heterocycles. The molecule has 0 spiro atoms. The van der Waals surface area contributed by atoms with E-state index < -0.39 is 0 Å². The van der Waals surface area contributed by atoms with Crippen LogP contribution in [0.3, 0.4) is 0 Å². The normalized spacial score (nSPS) is 10.0. The molecule has 0 bridgehead atoms. The van der Waals surface area contributed by atoms with E-state index in [0.717, 1.165) is 16.3 Å². The van der Waals surface area contributed by atoms with Crippen LogP contribution < -0.4 is 5.73 Å². The zero-order chi connectivity index (χ0) is 10.0. The van der Waals surface area contributed by atoms with Crippen molar-refractivity contribution >= 4 is 28.7 Å². The highest BCUT2D eigenvalue weighted by atomic mass is 32.2. The molecule has 0 saturated heterocycles. The number of hydrogen-bond acceptors (Lipinski definition) is 6. The van der Waals surface area contributed by atoms with Gasteiger partial charge in [-0.3, -0.25) is 9.59 Å². The Morgan fingerprint density at radius 1 is 1.38 bits per heavy atom. The highest BCUT2D eigenvalue weighted by molar-refractivity contribution is 8.13. The number of carbonyl (C=O) groups is 2. The average molecular weight is 200 g/mol. The smallest absolute Gasteiger partial charge is 0.232 e. The van der Waals surface area contributed by atoms with E-state index in [1.807, 2.05) is 0 Å². The second-order valence-electron chi connectivity index (χ2n) is 2.29. The molecule has 0 atom stereocenters. The fraction of sp³-hybridized carbons (Fsp3) is 0.333. The summed E-state index contributed by atoms with van der Waals surface area (Å²) >= 11 is 0.824. The van der Waals surface area contributed by atoms with E-state index >= 15 is 0 Å². The van der Waals surface area contributed by atoms with Crippen molar-refractivity contribution in [2.24, 2.45) is 0 Å². The number of aromatic nitrogens is 3. The minimum atomic E-state index is -0.314. The summed E-state index contributed by atoms with van der Waals surface area (Å²) in [6.07, 6.45) is 0. The van der Waals surface area contributed by atoms with Crippen LogP contribution in [0, 0.1) is 0 Å². The highest BCUT2D eigenvalue weighted by Gasteiger charge is 2.14. The van der Waals surface area contributed by atoms with Crippen LogP contribution in [0.5, 0.6) is 0 Å². The molecule has 0 radical (unpaired) electrons. The highest BCUT2D eigenvalue weighted by Crippen LogP contribution is 2.17. The van der Waals surface area contributed by atoms with Crippen LogP contribution in [0.4, 0.5) is 5.95 Å². The van der Waals surface area contributed by atoms with E-state index in [2.05, 4.69) is 10.2 Å². The van der Waals surface area contributed by atoms with E-state index in [0.29, 0.717) is 0 Å². The monoisotopic (exact) mass is 200 g/mol. The Morgan fingerprint density at radius 2 is 2.00 bits per heavy atom. The molecule has 1 rings (SSSR count). The van der Waals surface area contributed by atoms with Gasteiger partial charge in [-0.1, -0.05) is 0 Å². The minimum absolute atomic E-state index is 0.00347. The zero-order valence-electron chi connectivity index (χ0n) is 7.14. The molecule has 0 saturated carbocycles. The quantitative estimate of drug-likeness (QED) is 0.649. The van der Waals surface area contributed by atoms with Gasteiger partial charge in [0.25, 0.3) is 0 Å². The van der Waals surface area contributed by atoms with Gasteiger partial charge in [0.05, 0.1) is 0 Å². The summed E-state index contributed by atoms with van der Waals surface area (Å²) in [5, 5.41) is 7.11. The number of nitrogens with two attached hydrogens (primary N) is 1. The molecule has 1 aromatic heterocycles. The van der Waals surface area contributed by atoms with Gasteiger partial charge < -0.3 is 5.73 Å². The lowest BCUT2D eigenvalue weighted by molar-refractivity contribution is -0.109. The van der Waals surface area contributed by atoms with Gasteiger partial charge in [0.15, 0.2) is 5.12 Å². The molecular formula is C6H8N4O2S. The van der Waals surface area contributed by atoms with Gasteiger partial charge in [-0.2, -0.15) is 0 Å². The molecule has 2 N–H and O–H groups in total. The first-order valence-corrected chi connectivity index (χ1v) is 4.24. The predicted octanol–water partition coefficient (Wildman–Crippen LogP) is 0.159. The summed E-state index contributed by atoms with van der Waals surface area (Å²) in [7, 11) is 0. The van der Waals surface area contributed by atoms with Crippen LogP contribution in [0.2, 0.25) is 0 Å². The molecule has 13 heavy (non-hydrogen) atoms. The molecule has 0 aliphatic heterocycles. The number of hydrogen-bond donors (Lipinski definition) is 1. The predicted molar refractivity (Wildman–Crippen MR) is 47.3 cm³/mol. The van der Waals surface area contributed by atoms with Crippen molar-refractivity contribution in [1.29, 1.82) is 0 Å².